The molecule has 0 saturated heterocycles. The van der Waals surface area contributed by atoms with E-state index in [-0.39, 0.29) is 5.41 Å². The molecule has 2 heterocycles. The van der Waals surface area contributed by atoms with Gasteiger partial charge in [-0.15, -0.1) is 13.2 Å². The van der Waals surface area contributed by atoms with Crippen LogP contribution in [0.5, 0.6) is 0 Å². The van der Waals surface area contributed by atoms with Crippen molar-refractivity contribution in [2.45, 2.75) is 56.8 Å². The van der Waals surface area contributed by atoms with Crippen LogP contribution in [0.15, 0.2) is 158 Å². The maximum absolute atomic E-state index is 15.9. The first-order valence-corrected chi connectivity index (χ1v) is 18.8. The SMILES string of the molecule is C=CCC1(CC=C)/C(=C\C=C\C2=[N+](CCC(C)C)c3ccc4ccccc4c3C2(Cc2ccccc2)Cc2ccc(F)cc2F)N(C)c2ccccc21. The van der Waals surface area contributed by atoms with Crippen LogP contribution < -0.4 is 4.90 Å². The summed E-state index contributed by atoms with van der Waals surface area (Å²) in [6.07, 6.45) is 14.3. The summed E-state index contributed by atoms with van der Waals surface area (Å²) in [6, 6.07) is 36.2. The minimum absolute atomic E-state index is 0.297. The lowest BCUT2D eigenvalue weighted by atomic mass is 9.67. The van der Waals surface area contributed by atoms with Gasteiger partial charge in [0.05, 0.1) is 5.41 Å². The molecule has 53 heavy (non-hydrogen) atoms. The fourth-order valence-electron chi connectivity index (χ4n) is 9.00. The first kappa shape index (κ1) is 36.0. The molecule has 0 radical (unpaired) electrons. The van der Waals surface area contributed by atoms with Crippen molar-refractivity contribution >= 4 is 27.9 Å². The van der Waals surface area contributed by atoms with Crippen molar-refractivity contribution in [3.63, 3.8) is 0 Å². The summed E-state index contributed by atoms with van der Waals surface area (Å²) in [5.74, 6) is -0.609. The highest BCUT2D eigenvalue weighted by Crippen LogP contribution is 2.52. The van der Waals surface area contributed by atoms with Crippen LogP contribution in [-0.4, -0.2) is 23.9 Å². The number of halogens is 2. The standard InChI is InChI=1S/C49H49F2N2/c1-6-29-48(30-7-2)41-20-13-14-21-43(41)52(5)45(48)22-15-23-46-49(33-36-16-9-8-10-17-36,34-38-24-26-39(50)32-42(38)51)47-40-19-12-11-18-37(40)25-27-44(47)53(46)31-28-35(3)4/h6-27,32,35H,1-2,28-31,33-34H2,3-5H3/q+1. The smallest absolute Gasteiger partial charge is 0.210 e. The topological polar surface area (TPSA) is 6.25 Å². The molecule has 5 aromatic carbocycles. The van der Waals surface area contributed by atoms with Crippen molar-refractivity contribution in [3.8, 4) is 0 Å². The normalized spacial score (nSPS) is 18.4. The van der Waals surface area contributed by atoms with E-state index >= 15 is 4.39 Å². The Labute approximate surface area is 313 Å². The highest BCUT2D eigenvalue weighted by molar-refractivity contribution is 6.08. The Kier molecular flexibility index (Phi) is 10.2. The van der Waals surface area contributed by atoms with Crippen molar-refractivity contribution in [1.29, 1.82) is 0 Å². The molecule has 5 aromatic rings. The maximum Gasteiger partial charge on any atom is 0.210 e. The third-order valence-corrected chi connectivity index (χ3v) is 11.4. The van der Waals surface area contributed by atoms with Crippen molar-refractivity contribution < 1.29 is 13.4 Å². The van der Waals surface area contributed by atoms with Crippen molar-refractivity contribution in [2.75, 3.05) is 18.5 Å². The van der Waals surface area contributed by atoms with Crippen LogP contribution in [-0.2, 0) is 23.7 Å². The van der Waals surface area contributed by atoms with E-state index in [0.29, 0.717) is 24.3 Å². The number of rotatable bonds is 13. The van der Waals surface area contributed by atoms with Crippen LogP contribution >= 0.6 is 0 Å². The van der Waals surface area contributed by atoms with Gasteiger partial charge in [0.1, 0.15) is 18.2 Å². The molecule has 0 aromatic heterocycles. The molecule has 1 atom stereocenters. The van der Waals surface area contributed by atoms with Gasteiger partial charge >= 0.3 is 0 Å². The average molecular weight is 704 g/mol. The lowest BCUT2D eigenvalue weighted by Gasteiger charge is -2.31. The Bertz CT molecular complexity index is 2250. The molecular formula is C49H49F2N2+. The molecule has 2 aliphatic heterocycles. The summed E-state index contributed by atoms with van der Waals surface area (Å²) >= 11 is 0. The highest BCUT2D eigenvalue weighted by atomic mass is 19.1. The number of allylic oxidation sites excluding steroid dienone is 6. The van der Waals surface area contributed by atoms with E-state index in [1.165, 1.54) is 28.6 Å². The van der Waals surface area contributed by atoms with E-state index in [2.05, 4.69) is 147 Å². The third kappa shape index (κ3) is 6.50. The summed E-state index contributed by atoms with van der Waals surface area (Å²) in [6.45, 7) is 13.7. The van der Waals surface area contributed by atoms with Crippen LogP contribution in [0, 0.1) is 17.6 Å². The number of anilines is 1. The van der Waals surface area contributed by atoms with Gasteiger partial charge in [-0.2, -0.15) is 4.58 Å². The summed E-state index contributed by atoms with van der Waals surface area (Å²) in [4.78, 5) is 2.30. The zero-order chi connectivity index (χ0) is 37.2. The molecule has 4 heteroatoms. The number of benzene rings is 5. The zero-order valence-corrected chi connectivity index (χ0v) is 31.2. The van der Waals surface area contributed by atoms with Gasteiger partial charge in [0.15, 0.2) is 5.71 Å². The Morgan fingerprint density at radius 2 is 1.51 bits per heavy atom. The predicted molar refractivity (Wildman–Crippen MR) is 218 cm³/mol. The minimum atomic E-state index is -0.675. The molecule has 0 bridgehead atoms. The molecule has 0 aliphatic carbocycles. The number of nitrogens with zero attached hydrogens (tertiary/aromatic N) is 2. The van der Waals surface area contributed by atoms with Gasteiger partial charge < -0.3 is 4.90 Å². The lowest BCUT2D eigenvalue weighted by Crippen LogP contribution is -2.40. The zero-order valence-electron chi connectivity index (χ0n) is 31.2. The average Bonchev–Trinajstić information content (AvgIpc) is 3.54. The van der Waals surface area contributed by atoms with Crippen LogP contribution in [0.3, 0.4) is 0 Å². The monoisotopic (exact) mass is 703 g/mol. The maximum atomic E-state index is 15.9. The second kappa shape index (κ2) is 14.9. The molecule has 0 spiro atoms. The molecule has 7 rings (SSSR count). The van der Waals surface area contributed by atoms with E-state index < -0.39 is 17.0 Å². The number of likely N-dealkylation sites (N-methyl/N-ethyl adjacent to an activating group) is 1. The van der Waals surface area contributed by atoms with Gasteiger partial charge in [-0.3, -0.25) is 0 Å². The second-order valence-electron chi connectivity index (χ2n) is 15.1. The fraction of sp³-hybridized carbons (Fsp3) is 0.245. The molecule has 2 nitrogen and oxygen atoms in total. The molecular weight excluding hydrogens is 655 g/mol. The highest BCUT2D eigenvalue weighted by Gasteiger charge is 2.52. The van der Waals surface area contributed by atoms with Crippen molar-refractivity contribution in [2.24, 2.45) is 5.92 Å². The molecule has 0 fully saturated rings. The van der Waals surface area contributed by atoms with Crippen LogP contribution in [0.2, 0.25) is 0 Å². The molecule has 0 N–H and O–H groups in total. The molecule has 1 unspecified atom stereocenters. The summed E-state index contributed by atoms with van der Waals surface area (Å²) in [5.41, 5.74) is 7.79. The van der Waals surface area contributed by atoms with E-state index in [1.54, 1.807) is 6.07 Å². The minimum Gasteiger partial charge on any atom is -0.347 e. The van der Waals surface area contributed by atoms with Gasteiger partial charge in [0.2, 0.25) is 5.69 Å². The van der Waals surface area contributed by atoms with Gasteiger partial charge in [-0.05, 0) is 83.3 Å². The first-order chi connectivity index (χ1) is 25.7. The van der Waals surface area contributed by atoms with Crippen molar-refractivity contribution in [3.05, 3.63) is 192 Å². The van der Waals surface area contributed by atoms with E-state index in [4.69, 9.17) is 0 Å². The largest absolute Gasteiger partial charge is 0.347 e. The van der Waals surface area contributed by atoms with Gasteiger partial charge in [0, 0.05) is 54.0 Å². The second-order valence-corrected chi connectivity index (χ2v) is 15.1. The van der Waals surface area contributed by atoms with Crippen LogP contribution in [0.25, 0.3) is 10.8 Å². The number of hydrogen-bond donors (Lipinski definition) is 0. The summed E-state index contributed by atoms with van der Waals surface area (Å²) in [7, 11) is 2.14. The van der Waals surface area contributed by atoms with E-state index in [1.807, 2.05) is 18.2 Å². The first-order valence-electron chi connectivity index (χ1n) is 18.8. The molecule has 2 aliphatic rings. The molecule has 0 saturated carbocycles. The van der Waals surface area contributed by atoms with Gasteiger partial charge in [0.25, 0.3) is 0 Å². The van der Waals surface area contributed by atoms with Gasteiger partial charge in [-0.1, -0.05) is 111 Å². The van der Waals surface area contributed by atoms with Crippen molar-refractivity contribution in [1.82, 2.24) is 0 Å². The number of fused-ring (bicyclic) bond motifs is 4. The molecule has 268 valence electrons. The van der Waals surface area contributed by atoms with Crippen LogP contribution in [0.1, 0.15) is 55.4 Å². The Hall–Kier alpha value is -5.35. The Morgan fingerprint density at radius 3 is 2.25 bits per heavy atom. The number of hydrogen-bond acceptors (Lipinski definition) is 1. The number of para-hydroxylation sites is 1. The quantitative estimate of drug-likeness (QED) is 0.0874. The lowest BCUT2D eigenvalue weighted by molar-refractivity contribution is -0.439. The third-order valence-electron chi connectivity index (χ3n) is 11.4. The van der Waals surface area contributed by atoms with E-state index in [9.17, 15) is 4.39 Å². The van der Waals surface area contributed by atoms with E-state index in [0.717, 1.165) is 59.6 Å². The fourth-order valence-corrected chi connectivity index (χ4v) is 9.00. The summed E-state index contributed by atoms with van der Waals surface area (Å²) < 4.78 is 32.8. The summed E-state index contributed by atoms with van der Waals surface area (Å²) in [5, 5.41) is 2.30. The molecule has 0 amide bonds. The predicted octanol–water partition coefficient (Wildman–Crippen LogP) is 12.0. The Morgan fingerprint density at radius 1 is 0.792 bits per heavy atom. The van der Waals surface area contributed by atoms with Gasteiger partial charge in [-0.25, -0.2) is 8.78 Å². The van der Waals surface area contributed by atoms with Crippen LogP contribution in [0.4, 0.5) is 20.2 Å². The Balaban J connectivity index is 1.50.